The number of aryl methyl sites for hydroxylation is 1. The van der Waals surface area contributed by atoms with Crippen LogP contribution in [0.5, 0.6) is 5.75 Å². The minimum atomic E-state index is 0.125. The lowest BCUT2D eigenvalue weighted by atomic mass is 9.80. The van der Waals surface area contributed by atoms with Crippen LogP contribution >= 0.6 is 12.6 Å². The molecule has 2 nitrogen and oxygen atoms in total. The fourth-order valence-electron chi connectivity index (χ4n) is 1.91. The number of hydrogen-bond acceptors (Lipinski definition) is 3. The van der Waals surface area contributed by atoms with Crippen LogP contribution in [-0.4, -0.2) is 26.1 Å². The molecule has 0 radical (unpaired) electrons. The van der Waals surface area contributed by atoms with Crippen molar-refractivity contribution < 1.29 is 9.47 Å². The van der Waals surface area contributed by atoms with Crippen LogP contribution in [0.25, 0.3) is 0 Å². The van der Waals surface area contributed by atoms with E-state index < -0.39 is 0 Å². The van der Waals surface area contributed by atoms with Gasteiger partial charge in [-0.05, 0) is 24.1 Å². The molecule has 1 aromatic carbocycles. The Balaban J connectivity index is 2.33. The predicted octanol–water partition coefficient (Wildman–Crippen LogP) is 2.20. The van der Waals surface area contributed by atoms with E-state index in [4.69, 9.17) is 9.47 Å². The molecule has 82 valence electrons. The van der Waals surface area contributed by atoms with E-state index in [9.17, 15) is 0 Å². The normalized spacial score (nSPS) is 18.3. The van der Waals surface area contributed by atoms with Crippen molar-refractivity contribution in [3.63, 3.8) is 0 Å². The molecule has 1 aliphatic heterocycles. The second-order valence-electron chi connectivity index (χ2n) is 4.12. The van der Waals surface area contributed by atoms with Crippen molar-refractivity contribution in [2.24, 2.45) is 0 Å². The van der Waals surface area contributed by atoms with Crippen LogP contribution in [0, 0.1) is 6.92 Å². The first kappa shape index (κ1) is 10.8. The summed E-state index contributed by atoms with van der Waals surface area (Å²) in [6.45, 7) is 3.62. The lowest BCUT2D eigenvalue weighted by Gasteiger charge is -2.41. The third kappa shape index (κ3) is 1.74. The van der Waals surface area contributed by atoms with Crippen LogP contribution in [0.15, 0.2) is 18.2 Å². The van der Waals surface area contributed by atoms with Gasteiger partial charge >= 0.3 is 0 Å². The average molecular weight is 224 g/mol. The zero-order chi connectivity index (χ0) is 10.9. The molecule has 1 saturated heterocycles. The highest BCUT2D eigenvalue weighted by molar-refractivity contribution is 7.80. The Morgan fingerprint density at radius 2 is 2.20 bits per heavy atom. The Labute approximate surface area is 96.0 Å². The molecule has 0 unspecified atom stereocenters. The molecule has 0 amide bonds. The quantitative estimate of drug-likeness (QED) is 0.793. The molecule has 0 N–H and O–H groups in total. The van der Waals surface area contributed by atoms with Crippen molar-refractivity contribution in [2.45, 2.75) is 12.3 Å². The van der Waals surface area contributed by atoms with Crippen molar-refractivity contribution >= 4 is 12.6 Å². The summed E-state index contributed by atoms with van der Waals surface area (Å²) in [5.74, 6) is 1.77. The van der Waals surface area contributed by atoms with Gasteiger partial charge in [0.1, 0.15) is 5.75 Å². The first-order valence-electron chi connectivity index (χ1n) is 5.05. The van der Waals surface area contributed by atoms with Crippen molar-refractivity contribution in [2.75, 3.05) is 26.1 Å². The second kappa shape index (κ2) is 4.06. The number of rotatable bonds is 3. The predicted molar refractivity (Wildman–Crippen MR) is 64.1 cm³/mol. The van der Waals surface area contributed by atoms with E-state index in [-0.39, 0.29) is 5.41 Å². The van der Waals surface area contributed by atoms with Crippen LogP contribution in [0.2, 0.25) is 0 Å². The molecule has 0 saturated carbocycles. The maximum absolute atomic E-state index is 5.30. The molecule has 15 heavy (non-hydrogen) atoms. The summed E-state index contributed by atoms with van der Waals surface area (Å²) in [6.07, 6.45) is 0. The fraction of sp³-hybridized carbons (Fsp3) is 0.500. The maximum atomic E-state index is 5.30. The van der Waals surface area contributed by atoms with Gasteiger partial charge in [0, 0.05) is 5.75 Å². The number of ether oxygens (including phenoxy) is 2. The van der Waals surface area contributed by atoms with E-state index in [2.05, 4.69) is 31.7 Å². The molecule has 2 rings (SSSR count). The van der Waals surface area contributed by atoms with Crippen molar-refractivity contribution in [3.8, 4) is 5.75 Å². The molecule has 1 aromatic rings. The SMILES string of the molecule is COc1ccc(C2(CS)COC2)cc1C. The maximum Gasteiger partial charge on any atom is 0.121 e. The molecule has 1 aliphatic rings. The zero-order valence-electron chi connectivity index (χ0n) is 9.12. The van der Waals surface area contributed by atoms with Gasteiger partial charge in [-0.2, -0.15) is 12.6 Å². The molecule has 3 heteroatoms. The monoisotopic (exact) mass is 224 g/mol. The van der Waals surface area contributed by atoms with Crippen molar-refractivity contribution in [3.05, 3.63) is 29.3 Å². The van der Waals surface area contributed by atoms with Gasteiger partial charge < -0.3 is 9.47 Å². The first-order chi connectivity index (χ1) is 7.22. The molecular weight excluding hydrogens is 208 g/mol. The summed E-state index contributed by atoms with van der Waals surface area (Å²) >= 11 is 4.42. The Morgan fingerprint density at radius 1 is 1.47 bits per heavy atom. The van der Waals surface area contributed by atoms with Crippen LogP contribution in [0.3, 0.4) is 0 Å². The lowest BCUT2D eigenvalue weighted by molar-refractivity contribution is -0.0471. The van der Waals surface area contributed by atoms with Gasteiger partial charge in [-0.25, -0.2) is 0 Å². The molecule has 0 atom stereocenters. The second-order valence-corrected chi connectivity index (χ2v) is 4.43. The van der Waals surface area contributed by atoms with Gasteiger partial charge in [0.15, 0.2) is 0 Å². The minimum absolute atomic E-state index is 0.125. The highest BCUT2D eigenvalue weighted by Crippen LogP contribution is 2.35. The third-order valence-corrected chi connectivity index (χ3v) is 3.67. The molecule has 0 aliphatic carbocycles. The fourth-order valence-corrected chi connectivity index (χ4v) is 2.27. The lowest BCUT2D eigenvalue weighted by Crippen LogP contribution is -2.48. The molecule has 1 fully saturated rings. The van der Waals surface area contributed by atoms with E-state index in [1.807, 2.05) is 6.07 Å². The minimum Gasteiger partial charge on any atom is -0.496 e. The van der Waals surface area contributed by atoms with Gasteiger partial charge in [-0.15, -0.1) is 0 Å². The van der Waals surface area contributed by atoms with Gasteiger partial charge in [0.2, 0.25) is 0 Å². The smallest absolute Gasteiger partial charge is 0.121 e. The summed E-state index contributed by atoms with van der Waals surface area (Å²) in [5, 5.41) is 0. The highest BCUT2D eigenvalue weighted by atomic mass is 32.1. The Bertz CT molecular complexity index is 353. The van der Waals surface area contributed by atoms with Crippen LogP contribution in [0.4, 0.5) is 0 Å². The number of benzene rings is 1. The Morgan fingerprint density at radius 3 is 2.60 bits per heavy atom. The standard InChI is InChI=1S/C12H16O2S/c1-9-5-10(3-4-11(9)13-2)12(8-15)6-14-7-12/h3-5,15H,6-8H2,1-2H3. The third-order valence-electron chi connectivity index (χ3n) is 3.07. The molecule has 0 spiro atoms. The van der Waals surface area contributed by atoms with Crippen molar-refractivity contribution in [1.82, 2.24) is 0 Å². The Hall–Kier alpha value is -0.670. The molecule has 0 bridgehead atoms. The number of thiol groups is 1. The van der Waals surface area contributed by atoms with Gasteiger partial charge in [-0.3, -0.25) is 0 Å². The average Bonchev–Trinajstić information content (AvgIpc) is 2.17. The van der Waals surface area contributed by atoms with Crippen LogP contribution in [-0.2, 0) is 10.2 Å². The van der Waals surface area contributed by atoms with E-state index >= 15 is 0 Å². The zero-order valence-corrected chi connectivity index (χ0v) is 10.0. The van der Waals surface area contributed by atoms with Gasteiger partial charge in [0.25, 0.3) is 0 Å². The Kier molecular flexibility index (Phi) is 2.94. The van der Waals surface area contributed by atoms with Crippen LogP contribution < -0.4 is 4.74 Å². The number of hydrogen-bond donors (Lipinski definition) is 1. The van der Waals surface area contributed by atoms with Gasteiger partial charge in [0.05, 0.1) is 25.7 Å². The summed E-state index contributed by atoms with van der Waals surface area (Å²) in [5.41, 5.74) is 2.60. The van der Waals surface area contributed by atoms with Crippen molar-refractivity contribution in [1.29, 1.82) is 0 Å². The van der Waals surface area contributed by atoms with Crippen LogP contribution in [0.1, 0.15) is 11.1 Å². The highest BCUT2D eigenvalue weighted by Gasteiger charge is 2.39. The van der Waals surface area contributed by atoms with E-state index in [0.29, 0.717) is 0 Å². The molecular formula is C12H16O2S. The summed E-state index contributed by atoms with van der Waals surface area (Å²) in [7, 11) is 1.70. The summed E-state index contributed by atoms with van der Waals surface area (Å²) < 4.78 is 10.5. The first-order valence-corrected chi connectivity index (χ1v) is 5.69. The van der Waals surface area contributed by atoms with E-state index in [0.717, 1.165) is 24.7 Å². The van der Waals surface area contributed by atoms with Gasteiger partial charge in [-0.1, -0.05) is 12.1 Å². The molecule has 0 aromatic heterocycles. The topological polar surface area (TPSA) is 18.5 Å². The molecule has 1 heterocycles. The summed E-state index contributed by atoms with van der Waals surface area (Å²) in [4.78, 5) is 0. The summed E-state index contributed by atoms with van der Waals surface area (Å²) in [6, 6.07) is 6.32. The number of methoxy groups -OCH3 is 1. The largest absolute Gasteiger partial charge is 0.496 e. The van der Waals surface area contributed by atoms with E-state index in [1.165, 1.54) is 11.1 Å². The van der Waals surface area contributed by atoms with E-state index in [1.54, 1.807) is 7.11 Å².